The molecule has 0 aliphatic heterocycles. The zero-order valence-corrected chi connectivity index (χ0v) is 10.3. The van der Waals surface area contributed by atoms with Gasteiger partial charge in [-0.05, 0) is 17.7 Å². The fourth-order valence-electron chi connectivity index (χ4n) is 0.797. The predicted molar refractivity (Wildman–Crippen MR) is 65.9 cm³/mol. The second kappa shape index (κ2) is 5.48. The molecule has 1 aromatic rings. The summed E-state index contributed by atoms with van der Waals surface area (Å²) >= 11 is 9.54. The average molecular weight is 291 g/mol. The van der Waals surface area contributed by atoms with Gasteiger partial charge in [-0.2, -0.15) is 0 Å². The minimum absolute atomic E-state index is 0.00883. The smallest absolute Gasteiger partial charge is 0.313 e. The van der Waals surface area contributed by atoms with E-state index in [4.69, 9.17) is 17.3 Å². The highest BCUT2D eigenvalue weighted by atomic mass is 79.9. The third-order valence-electron chi connectivity index (χ3n) is 1.41. The number of aliphatic carboxylic acids is 1. The minimum atomic E-state index is -0.852. The number of carboxylic acid groups (broad SMARTS) is 1. The quantitative estimate of drug-likeness (QED) is 0.869. The summed E-state index contributed by atoms with van der Waals surface area (Å²) in [6.45, 7) is 0. The van der Waals surface area contributed by atoms with Crippen molar-refractivity contribution in [2.24, 2.45) is 0 Å². The maximum Gasteiger partial charge on any atom is 0.313 e. The molecule has 14 heavy (non-hydrogen) atoms. The lowest BCUT2D eigenvalue weighted by atomic mass is 10.2. The van der Waals surface area contributed by atoms with Gasteiger partial charge in [0.1, 0.15) is 0 Å². The first-order valence-electron chi connectivity index (χ1n) is 3.74. The first-order valence-corrected chi connectivity index (χ1v) is 5.93. The van der Waals surface area contributed by atoms with E-state index in [0.717, 1.165) is 21.8 Å². The van der Waals surface area contributed by atoms with Crippen LogP contribution in [-0.2, 0) is 4.79 Å². The molecule has 74 valence electrons. The molecule has 0 bridgehead atoms. The zero-order valence-electron chi connectivity index (χ0n) is 7.07. The monoisotopic (exact) mass is 290 g/mol. The van der Waals surface area contributed by atoms with Gasteiger partial charge in [0.05, 0.1) is 9.95 Å². The van der Waals surface area contributed by atoms with Gasteiger partial charge in [-0.25, -0.2) is 0 Å². The molecule has 1 rings (SSSR count). The molecule has 0 heterocycles. The standard InChI is InChI=1S/C9H7BrO2S2/c10-7-3-1-6(2-4-7)9(13)14-5-8(11)12/h1-4H,5H2,(H,11,12). The molecule has 5 heteroatoms. The number of hydrogen-bond acceptors (Lipinski definition) is 3. The first kappa shape index (κ1) is 11.7. The highest BCUT2D eigenvalue weighted by molar-refractivity contribution is 9.10. The zero-order chi connectivity index (χ0) is 10.6. The van der Waals surface area contributed by atoms with Crippen molar-refractivity contribution in [2.75, 3.05) is 5.75 Å². The van der Waals surface area contributed by atoms with Crippen LogP contribution in [0.15, 0.2) is 28.7 Å². The van der Waals surface area contributed by atoms with Gasteiger partial charge in [0, 0.05) is 4.47 Å². The van der Waals surface area contributed by atoms with E-state index in [2.05, 4.69) is 15.9 Å². The van der Waals surface area contributed by atoms with Crippen LogP contribution in [0.3, 0.4) is 0 Å². The number of thiocarbonyl (C=S) groups is 1. The molecule has 0 saturated carbocycles. The maximum absolute atomic E-state index is 10.3. The third-order valence-corrected chi connectivity index (χ3v) is 3.41. The predicted octanol–water partition coefficient (Wildman–Crippen LogP) is 2.94. The molecule has 0 fully saturated rings. The molecule has 0 saturated heterocycles. The molecule has 0 aromatic heterocycles. The average Bonchev–Trinajstić information content (AvgIpc) is 2.15. The van der Waals surface area contributed by atoms with Crippen molar-refractivity contribution in [3.8, 4) is 0 Å². The van der Waals surface area contributed by atoms with Crippen LogP contribution < -0.4 is 0 Å². The van der Waals surface area contributed by atoms with Crippen molar-refractivity contribution in [1.29, 1.82) is 0 Å². The lowest BCUT2D eigenvalue weighted by Gasteiger charge is -2.01. The number of carboxylic acids is 1. The van der Waals surface area contributed by atoms with E-state index in [0.29, 0.717) is 4.20 Å². The fourth-order valence-corrected chi connectivity index (χ4v) is 1.93. The van der Waals surface area contributed by atoms with Crippen molar-refractivity contribution in [1.82, 2.24) is 0 Å². The Morgan fingerprint density at radius 1 is 1.43 bits per heavy atom. The van der Waals surface area contributed by atoms with E-state index in [1.807, 2.05) is 24.3 Å². The molecule has 0 aliphatic rings. The van der Waals surface area contributed by atoms with Crippen LogP contribution in [0.1, 0.15) is 5.56 Å². The summed E-state index contributed by atoms with van der Waals surface area (Å²) in [5, 5.41) is 8.47. The van der Waals surface area contributed by atoms with Crippen molar-refractivity contribution >= 4 is 50.1 Å². The van der Waals surface area contributed by atoms with Crippen LogP contribution in [0, 0.1) is 0 Å². The Labute approximate surface area is 99.8 Å². The molecule has 1 N–H and O–H groups in total. The summed E-state index contributed by atoms with van der Waals surface area (Å²) in [6.07, 6.45) is 0. The third kappa shape index (κ3) is 3.77. The van der Waals surface area contributed by atoms with E-state index >= 15 is 0 Å². The van der Waals surface area contributed by atoms with Gasteiger partial charge in [0.25, 0.3) is 0 Å². The SMILES string of the molecule is O=C(O)CSC(=S)c1ccc(Br)cc1. The number of thioether (sulfide) groups is 1. The van der Waals surface area contributed by atoms with E-state index in [1.165, 1.54) is 0 Å². The first-order chi connectivity index (χ1) is 6.59. The lowest BCUT2D eigenvalue weighted by Crippen LogP contribution is -2.02. The van der Waals surface area contributed by atoms with Gasteiger partial charge in [-0.3, -0.25) is 4.79 Å². The summed E-state index contributed by atoms with van der Waals surface area (Å²) in [6, 6.07) is 7.48. The van der Waals surface area contributed by atoms with Crippen molar-refractivity contribution in [3.05, 3.63) is 34.3 Å². The highest BCUT2D eigenvalue weighted by Crippen LogP contribution is 2.16. The molecule has 0 unspecified atom stereocenters. The number of carbonyl (C=O) groups is 1. The summed E-state index contributed by atoms with van der Waals surface area (Å²) in [5.74, 6) is -0.844. The molecule has 0 aliphatic carbocycles. The number of rotatable bonds is 3. The molecule has 0 amide bonds. The number of benzene rings is 1. The minimum Gasteiger partial charge on any atom is -0.481 e. The van der Waals surface area contributed by atoms with E-state index in [9.17, 15) is 4.79 Å². The Balaban J connectivity index is 2.61. The molecule has 0 atom stereocenters. The Kier molecular flexibility index (Phi) is 4.57. The van der Waals surface area contributed by atoms with Crippen molar-refractivity contribution in [3.63, 3.8) is 0 Å². The van der Waals surface area contributed by atoms with Crippen LogP contribution in [-0.4, -0.2) is 21.0 Å². The van der Waals surface area contributed by atoms with Gasteiger partial charge in [-0.1, -0.05) is 40.3 Å². The normalized spacial score (nSPS) is 9.79. The molecule has 0 spiro atoms. The fraction of sp³-hybridized carbons (Fsp3) is 0.111. The maximum atomic E-state index is 10.3. The lowest BCUT2D eigenvalue weighted by molar-refractivity contribution is -0.133. The number of halogens is 1. The van der Waals surface area contributed by atoms with Crippen molar-refractivity contribution < 1.29 is 9.90 Å². The summed E-state index contributed by atoms with van der Waals surface area (Å²) in [5.41, 5.74) is 0.884. The summed E-state index contributed by atoms with van der Waals surface area (Å²) in [7, 11) is 0. The van der Waals surface area contributed by atoms with Gasteiger partial charge in [0.15, 0.2) is 0 Å². The molecule has 2 nitrogen and oxygen atoms in total. The second-order valence-electron chi connectivity index (χ2n) is 2.48. The van der Waals surface area contributed by atoms with E-state index < -0.39 is 5.97 Å². The number of hydrogen-bond donors (Lipinski definition) is 1. The molecular weight excluding hydrogens is 284 g/mol. The van der Waals surface area contributed by atoms with Crippen LogP contribution in [0.5, 0.6) is 0 Å². The molecule has 0 radical (unpaired) electrons. The summed E-state index contributed by atoms with van der Waals surface area (Å²) in [4.78, 5) is 10.3. The van der Waals surface area contributed by atoms with Crippen molar-refractivity contribution in [2.45, 2.75) is 0 Å². The summed E-state index contributed by atoms with van der Waals surface area (Å²) < 4.78 is 1.59. The van der Waals surface area contributed by atoms with Gasteiger partial charge in [-0.15, -0.1) is 11.8 Å². The largest absolute Gasteiger partial charge is 0.481 e. The molecular formula is C9H7BrO2S2. The Hall–Kier alpha value is -0.390. The molecule has 1 aromatic carbocycles. The topological polar surface area (TPSA) is 37.3 Å². The van der Waals surface area contributed by atoms with Crippen LogP contribution in [0.2, 0.25) is 0 Å². The Morgan fingerprint density at radius 3 is 2.50 bits per heavy atom. The van der Waals surface area contributed by atoms with Gasteiger partial charge in [0.2, 0.25) is 0 Å². The Bertz CT molecular complexity index is 348. The van der Waals surface area contributed by atoms with Gasteiger partial charge < -0.3 is 5.11 Å². The second-order valence-corrected chi connectivity index (χ2v) is 5.04. The highest BCUT2D eigenvalue weighted by Gasteiger charge is 2.04. The Morgan fingerprint density at radius 2 is 2.00 bits per heavy atom. The van der Waals surface area contributed by atoms with Gasteiger partial charge >= 0.3 is 5.97 Å². The van der Waals surface area contributed by atoms with E-state index in [1.54, 1.807) is 0 Å². The van der Waals surface area contributed by atoms with E-state index in [-0.39, 0.29) is 5.75 Å². The van der Waals surface area contributed by atoms with Crippen LogP contribution >= 0.6 is 39.9 Å². The van der Waals surface area contributed by atoms with Crippen LogP contribution in [0.25, 0.3) is 0 Å². The van der Waals surface area contributed by atoms with Crippen LogP contribution in [0.4, 0.5) is 0 Å².